The van der Waals surface area contributed by atoms with E-state index < -0.39 is 0 Å². The zero-order chi connectivity index (χ0) is 14.9. The Labute approximate surface area is 128 Å². The number of para-hydroxylation sites is 1. The molecule has 0 saturated heterocycles. The zero-order valence-electron chi connectivity index (χ0n) is 13.0. The molecule has 0 radical (unpaired) electrons. The maximum Gasteiger partial charge on any atom is 0.121 e. The quantitative estimate of drug-likeness (QED) is 0.651. The second kappa shape index (κ2) is 8.51. The summed E-state index contributed by atoms with van der Waals surface area (Å²) in [6.45, 7) is 2.22. The first kappa shape index (κ1) is 15.6. The predicted octanol–water partition coefficient (Wildman–Crippen LogP) is 5.30. The molecule has 1 N–H and O–H groups in total. The number of hydrogen-bond acceptors (Lipinski definition) is 1. The summed E-state index contributed by atoms with van der Waals surface area (Å²) in [6, 6.07) is 16.7. The summed E-state index contributed by atoms with van der Waals surface area (Å²) < 4.78 is 0. The molecule has 2 rings (SSSR count). The van der Waals surface area contributed by atoms with Gasteiger partial charge in [0, 0.05) is 0 Å². The molecule has 2 aromatic rings. The highest BCUT2D eigenvalue weighted by atomic mass is 16.3. The Morgan fingerprint density at radius 1 is 0.714 bits per heavy atom. The van der Waals surface area contributed by atoms with E-state index in [-0.39, 0.29) is 0 Å². The van der Waals surface area contributed by atoms with Gasteiger partial charge in [0.25, 0.3) is 0 Å². The minimum absolute atomic E-state index is 0.518. The molecule has 0 aliphatic heterocycles. The molecule has 0 fully saturated rings. The average Bonchev–Trinajstić information content (AvgIpc) is 2.53. The molecule has 0 aliphatic rings. The van der Waals surface area contributed by atoms with Crippen molar-refractivity contribution in [3.8, 4) is 5.75 Å². The molecule has 112 valence electrons. The molecule has 0 unspecified atom stereocenters. The van der Waals surface area contributed by atoms with Crippen LogP contribution in [0.5, 0.6) is 5.75 Å². The van der Waals surface area contributed by atoms with E-state index >= 15 is 0 Å². The van der Waals surface area contributed by atoms with E-state index in [1.54, 1.807) is 0 Å². The van der Waals surface area contributed by atoms with Crippen molar-refractivity contribution in [3.63, 3.8) is 0 Å². The van der Waals surface area contributed by atoms with Crippen molar-refractivity contribution in [1.82, 2.24) is 0 Å². The lowest BCUT2D eigenvalue weighted by Crippen LogP contribution is -1.95. The summed E-state index contributed by atoms with van der Waals surface area (Å²) in [7, 11) is 0. The van der Waals surface area contributed by atoms with Gasteiger partial charge < -0.3 is 5.11 Å². The Bertz CT molecular complexity index is 531. The Kier molecular flexibility index (Phi) is 6.33. The third-order valence-corrected chi connectivity index (χ3v) is 4.03. The number of benzene rings is 2. The van der Waals surface area contributed by atoms with Crippen LogP contribution in [0.1, 0.15) is 49.3 Å². The third-order valence-electron chi connectivity index (χ3n) is 4.03. The second-order valence-electron chi connectivity index (χ2n) is 5.72. The van der Waals surface area contributed by atoms with E-state index in [0.29, 0.717) is 5.75 Å². The molecule has 0 aromatic heterocycles. The van der Waals surface area contributed by atoms with Crippen LogP contribution >= 0.6 is 0 Å². The van der Waals surface area contributed by atoms with Gasteiger partial charge in [-0.25, -0.2) is 0 Å². The standard InChI is InChI=1S/C20H26O/c1-2-3-4-8-12-18-13-9-14-19(20(18)21)16-15-17-10-6-5-7-11-17/h5-7,9-11,13-14,21H,2-4,8,12,15-16H2,1H3. The van der Waals surface area contributed by atoms with Gasteiger partial charge in [0.15, 0.2) is 0 Å². The fourth-order valence-corrected chi connectivity index (χ4v) is 2.71. The van der Waals surface area contributed by atoms with E-state index in [9.17, 15) is 5.11 Å². The van der Waals surface area contributed by atoms with E-state index in [2.05, 4.69) is 43.3 Å². The zero-order valence-corrected chi connectivity index (χ0v) is 13.0. The predicted molar refractivity (Wildman–Crippen MR) is 89.8 cm³/mol. The third kappa shape index (κ3) is 4.93. The monoisotopic (exact) mass is 282 g/mol. The average molecular weight is 282 g/mol. The van der Waals surface area contributed by atoms with E-state index in [0.717, 1.165) is 30.4 Å². The van der Waals surface area contributed by atoms with Crippen LogP contribution in [0.4, 0.5) is 0 Å². The summed E-state index contributed by atoms with van der Waals surface area (Å²) in [5.41, 5.74) is 3.51. The molecular formula is C20H26O. The van der Waals surface area contributed by atoms with Crippen LogP contribution in [0.15, 0.2) is 48.5 Å². The highest BCUT2D eigenvalue weighted by Gasteiger charge is 2.07. The molecule has 0 bridgehead atoms. The van der Waals surface area contributed by atoms with Crippen LogP contribution in [0.25, 0.3) is 0 Å². The number of phenols is 1. The Morgan fingerprint density at radius 2 is 1.43 bits per heavy atom. The van der Waals surface area contributed by atoms with Crippen molar-refractivity contribution in [2.24, 2.45) is 0 Å². The molecule has 0 spiro atoms. The summed E-state index contributed by atoms with van der Waals surface area (Å²) in [5, 5.41) is 10.4. The SMILES string of the molecule is CCCCCCc1cccc(CCc2ccccc2)c1O. The van der Waals surface area contributed by atoms with Crippen molar-refractivity contribution < 1.29 is 5.11 Å². The Balaban J connectivity index is 1.94. The minimum atomic E-state index is 0.518. The normalized spacial score (nSPS) is 10.7. The largest absolute Gasteiger partial charge is 0.507 e. The van der Waals surface area contributed by atoms with E-state index in [1.165, 1.54) is 31.2 Å². The van der Waals surface area contributed by atoms with Crippen molar-refractivity contribution in [2.75, 3.05) is 0 Å². The van der Waals surface area contributed by atoms with E-state index in [4.69, 9.17) is 0 Å². The molecule has 0 atom stereocenters. The minimum Gasteiger partial charge on any atom is -0.507 e. The molecule has 21 heavy (non-hydrogen) atoms. The molecule has 0 saturated carbocycles. The molecule has 0 amide bonds. The topological polar surface area (TPSA) is 20.2 Å². The molecular weight excluding hydrogens is 256 g/mol. The van der Waals surface area contributed by atoms with Crippen LogP contribution in [0.2, 0.25) is 0 Å². The van der Waals surface area contributed by atoms with Crippen LogP contribution in [0.3, 0.4) is 0 Å². The maximum absolute atomic E-state index is 10.4. The number of aromatic hydroxyl groups is 1. The molecule has 0 aliphatic carbocycles. The lowest BCUT2D eigenvalue weighted by atomic mass is 9.98. The van der Waals surface area contributed by atoms with Gasteiger partial charge in [0.1, 0.15) is 5.75 Å². The van der Waals surface area contributed by atoms with E-state index in [1.807, 2.05) is 12.1 Å². The van der Waals surface area contributed by atoms with Crippen LogP contribution in [-0.2, 0) is 19.3 Å². The van der Waals surface area contributed by atoms with Gasteiger partial charge in [-0.2, -0.15) is 0 Å². The molecule has 1 heteroatoms. The smallest absolute Gasteiger partial charge is 0.121 e. The molecule has 1 nitrogen and oxygen atoms in total. The lowest BCUT2D eigenvalue weighted by molar-refractivity contribution is 0.459. The van der Waals surface area contributed by atoms with Crippen LogP contribution < -0.4 is 0 Å². The van der Waals surface area contributed by atoms with Gasteiger partial charge in [-0.15, -0.1) is 0 Å². The summed E-state index contributed by atoms with van der Waals surface area (Å²) in [6.07, 6.45) is 7.84. The van der Waals surface area contributed by atoms with Gasteiger partial charge >= 0.3 is 0 Å². The second-order valence-corrected chi connectivity index (χ2v) is 5.72. The fourth-order valence-electron chi connectivity index (χ4n) is 2.71. The first-order valence-electron chi connectivity index (χ1n) is 8.15. The summed E-state index contributed by atoms with van der Waals surface area (Å²) in [5.74, 6) is 0.518. The van der Waals surface area contributed by atoms with Gasteiger partial charge in [-0.3, -0.25) is 0 Å². The maximum atomic E-state index is 10.4. The van der Waals surface area contributed by atoms with Gasteiger partial charge in [0.05, 0.1) is 0 Å². The Morgan fingerprint density at radius 3 is 2.14 bits per heavy atom. The fraction of sp³-hybridized carbons (Fsp3) is 0.400. The summed E-state index contributed by atoms with van der Waals surface area (Å²) in [4.78, 5) is 0. The Hall–Kier alpha value is -1.76. The number of hydrogen-bond donors (Lipinski definition) is 1. The molecule has 0 heterocycles. The van der Waals surface area contributed by atoms with Gasteiger partial charge in [-0.1, -0.05) is 74.7 Å². The number of phenolic OH excluding ortho intramolecular Hbond substituents is 1. The summed E-state index contributed by atoms with van der Waals surface area (Å²) >= 11 is 0. The van der Waals surface area contributed by atoms with Crippen LogP contribution in [-0.4, -0.2) is 5.11 Å². The van der Waals surface area contributed by atoms with Gasteiger partial charge in [-0.05, 0) is 42.4 Å². The first-order chi connectivity index (χ1) is 10.3. The van der Waals surface area contributed by atoms with Crippen molar-refractivity contribution in [1.29, 1.82) is 0 Å². The number of unbranched alkanes of at least 4 members (excludes halogenated alkanes) is 3. The number of aryl methyl sites for hydroxylation is 3. The first-order valence-corrected chi connectivity index (χ1v) is 8.15. The van der Waals surface area contributed by atoms with Crippen LogP contribution in [0, 0.1) is 0 Å². The number of rotatable bonds is 8. The van der Waals surface area contributed by atoms with Crippen molar-refractivity contribution in [3.05, 3.63) is 65.2 Å². The lowest BCUT2D eigenvalue weighted by Gasteiger charge is -2.10. The van der Waals surface area contributed by atoms with Crippen molar-refractivity contribution in [2.45, 2.75) is 51.9 Å². The molecule has 2 aromatic carbocycles. The highest BCUT2D eigenvalue weighted by Crippen LogP contribution is 2.25. The van der Waals surface area contributed by atoms with Gasteiger partial charge in [0.2, 0.25) is 0 Å². The van der Waals surface area contributed by atoms with Crippen molar-refractivity contribution >= 4 is 0 Å². The highest BCUT2D eigenvalue weighted by molar-refractivity contribution is 5.41.